The highest BCUT2D eigenvalue weighted by Gasteiger charge is 2.36. The maximum atomic E-state index is 12.9. The summed E-state index contributed by atoms with van der Waals surface area (Å²) >= 11 is 0. The molecule has 0 saturated carbocycles. The Kier molecular flexibility index (Phi) is 5.88. The number of rotatable bonds is 2. The van der Waals surface area contributed by atoms with Crippen molar-refractivity contribution in [2.24, 2.45) is 0 Å². The number of aromatic nitrogens is 3. The van der Waals surface area contributed by atoms with Crippen LogP contribution < -0.4 is 5.32 Å². The molecule has 1 aromatic heterocycles. The van der Waals surface area contributed by atoms with Crippen molar-refractivity contribution in [1.29, 1.82) is 0 Å². The van der Waals surface area contributed by atoms with E-state index in [-0.39, 0.29) is 30.0 Å². The zero-order valence-electron chi connectivity index (χ0n) is 14.9. The molecule has 7 nitrogen and oxygen atoms in total. The maximum Gasteiger partial charge on any atom is 0.276 e. The molecule has 0 bridgehead atoms. The van der Waals surface area contributed by atoms with Gasteiger partial charge < -0.3 is 15.0 Å². The Morgan fingerprint density at radius 1 is 1.33 bits per heavy atom. The molecule has 3 rings (SSSR count). The molecule has 2 aliphatic rings. The molecule has 1 N–H and O–H groups in total. The van der Waals surface area contributed by atoms with Crippen LogP contribution in [0.1, 0.15) is 55.8 Å². The van der Waals surface area contributed by atoms with Gasteiger partial charge in [-0.2, -0.15) is 0 Å². The molecule has 24 heavy (non-hydrogen) atoms. The normalized spacial score (nSPS) is 24.5. The Morgan fingerprint density at radius 2 is 2.00 bits per heavy atom. The number of hydrogen-bond acceptors (Lipinski definition) is 5. The minimum absolute atomic E-state index is 0. The predicted molar refractivity (Wildman–Crippen MR) is 93.7 cm³/mol. The molecule has 1 unspecified atom stereocenters. The lowest BCUT2D eigenvalue weighted by Gasteiger charge is -2.41. The first-order valence-corrected chi connectivity index (χ1v) is 8.47. The van der Waals surface area contributed by atoms with E-state index in [2.05, 4.69) is 15.6 Å². The van der Waals surface area contributed by atoms with Crippen LogP contribution in [-0.2, 0) is 4.74 Å². The molecular formula is C16H28ClN5O2. The van der Waals surface area contributed by atoms with Crippen LogP contribution in [0.5, 0.6) is 0 Å². The standard InChI is InChI=1S/C16H27N5O2.ClH/c1-11-9-20(10-16(3,4)23-11)15(22)14-12(2)21(19-18-14)13-5-7-17-8-6-13;/h11,13,17H,5-10H2,1-4H3;1H. The van der Waals surface area contributed by atoms with Crippen molar-refractivity contribution in [2.75, 3.05) is 26.2 Å². The summed E-state index contributed by atoms with van der Waals surface area (Å²) in [6.45, 7) is 11.1. The van der Waals surface area contributed by atoms with E-state index in [0.29, 0.717) is 24.8 Å². The Hall–Kier alpha value is -1.18. The van der Waals surface area contributed by atoms with E-state index in [1.807, 2.05) is 37.3 Å². The summed E-state index contributed by atoms with van der Waals surface area (Å²) in [4.78, 5) is 14.7. The van der Waals surface area contributed by atoms with E-state index in [9.17, 15) is 4.79 Å². The first kappa shape index (κ1) is 19.1. The van der Waals surface area contributed by atoms with Gasteiger partial charge in [0.25, 0.3) is 5.91 Å². The monoisotopic (exact) mass is 357 g/mol. The summed E-state index contributed by atoms with van der Waals surface area (Å²) in [5.41, 5.74) is 1.03. The van der Waals surface area contributed by atoms with Crippen molar-refractivity contribution in [2.45, 2.75) is 58.3 Å². The Balaban J connectivity index is 0.00000208. The molecule has 0 aromatic carbocycles. The SMILES string of the molecule is Cc1c(C(=O)N2CC(C)OC(C)(C)C2)nnn1C1CCNCC1.Cl. The number of morpholine rings is 1. The lowest BCUT2D eigenvalue weighted by Crippen LogP contribution is -2.54. The minimum Gasteiger partial charge on any atom is -0.369 e. The molecule has 1 atom stereocenters. The molecule has 8 heteroatoms. The van der Waals surface area contributed by atoms with Crippen LogP contribution in [-0.4, -0.2) is 63.7 Å². The second-order valence-electron chi connectivity index (χ2n) is 7.32. The average molecular weight is 358 g/mol. The number of nitrogens with zero attached hydrogens (tertiary/aromatic N) is 4. The van der Waals surface area contributed by atoms with Crippen LogP contribution in [0.15, 0.2) is 0 Å². The molecule has 1 amide bonds. The van der Waals surface area contributed by atoms with Gasteiger partial charge in [0.05, 0.1) is 23.4 Å². The highest BCUT2D eigenvalue weighted by molar-refractivity contribution is 5.93. The fourth-order valence-corrected chi connectivity index (χ4v) is 3.69. The molecule has 1 aromatic rings. The summed E-state index contributed by atoms with van der Waals surface area (Å²) in [6, 6.07) is 0.338. The smallest absolute Gasteiger partial charge is 0.276 e. The van der Waals surface area contributed by atoms with Gasteiger partial charge in [0.2, 0.25) is 0 Å². The third-order valence-electron chi connectivity index (χ3n) is 4.64. The number of nitrogens with one attached hydrogen (secondary N) is 1. The second kappa shape index (κ2) is 7.37. The zero-order valence-corrected chi connectivity index (χ0v) is 15.7. The summed E-state index contributed by atoms with van der Waals surface area (Å²) in [7, 11) is 0. The Labute approximate surface area is 149 Å². The number of halogens is 1. The van der Waals surface area contributed by atoms with Gasteiger partial charge in [-0.15, -0.1) is 17.5 Å². The largest absolute Gasteiger partial charge is 0.369 e. The van der Waals surface area contributed by atoms with Gasteiger partial charge in [-0.1, -0.05) is 5.21 Å². The topological polar surface area (TPSA) is 72.3 Å². The number of hydrogen-bond donors (Lipinski definition) is 1. The van der Waals surface area contributed by atoms with Gasteiger partial charge in [-0.25, -0.2) is 4.68 Å². The van der Waals surface area contributed by atoms with E-state index in [1.54, 1.807) is 0 Å². The Morgan fingerprint density at radius 3 is 2.62 bits per heavy atom. The van der Waals surface area contributed by atoms with Crippen molar-refractivity contribution in [3.05, 3.63) is 11.4 Å². The third kappa shape index (κ3) is 3.90. The van der Waals surface area contributed by atoms with Crippen LogP contribution in [0, 0.1) is 6.92 Å². The highest BCUT2D eigenvalue weighted by atomic mass is 35.5. The lowest BCUT2D eigenvalue weighted by molar-refractivity contribution is -0.119. The Bertz CT molecular complexity index is 583. The number of piperidine rings is 1. The molecule has 136 valence electrons. The van der Waals surface area contributed by atoms with Crippen LogP contribution in [0.2, 0.25) is 0 Å². The summed E-state index contributed by atoms with van der Waals surface area (Å²) in [6.07, 6.45) is 2.08. The van der Waals surface area contributed by atoms with Crippen molar-refractivity contribution in [3.63, 3.8) is 0 Å². The molecule has 0 spiro atoms. The zero-order chi connectivity index (χ0) is 16.6. The molecule has 3 heterocycles. The van der Waals surface area contributed by atoms with Crippen LogP contribution >= 0.6 is 12.4 Å². The minimum atomic E-state index is -0.327. The van der Waals surface area contributed by atoms with Crippen molar-refractivity contribution in [3.8, 4) is 0 Å². The molecular weight excluding hydrogens is 330 g/mol. The van der Waals surface area contributed by atoms with Crippen LogP contribution in [0.3, 0.4) is 0 Å². The summed E-state index contributed by atoms with van der Waals surface area (Å²) in [5, 5.41) is 11.8. The summed E-state index contributed by atoms with van der Waals surface area (Å²) < 4.78 is 7.81. The van der Waals surface area contributed by atoms with Crippen molar-refractivity contribution < 1.29 is 9.53 Å². The van der Waals surface area contributed by atoms with E-state index in [1.165, 1.54) is 0 Å². The van der Waals surface area contributed by atoms with Gasteiger partial charge >= 0.3 is 0 Å². The van der Waals surface area contributed by atoms with E-state index >= 15 is 0 Å². The molecule has 2 saturated heterocycles. The highest BCUT2D eigenvalue weighted by Crippen LogP contribution is 2.24. The molecule has 0 radical (unpaired) electrons. The first-order chi connectivity index (χ1) is 10.9. The molecule has 0 aliphatic carbocycles. The van der Waals surface area contributed by atoms with Crippen LogP contribution in [0.4, 0.5) is 0 Å². The maximum absolute atomic E-state index is 12.9. The van der Waals surface area contributed by atoms with Gasteiger partial charge in [0, 0.05) is 13.1 Å². The molecule has 2 fully saturated rings. The van der Waals surface area contributed by atoms with Crippen molar-refractivity contribution in [1.82, 2.24) is 25.2 Å². The van der Waals surface area contributed by atoms with Crippen molar-refractivity contribution >= 4 is 18.3 Å². The lowest BCUT2D eigenvalue weighted by atomic mass is 10.0. The van der Waals surface area contributed by atoms with E-state index in [0.717, 1.165) is 31.6 Å². The van der Waals surface area contributed by atoms with E-state index in [4.69, 9.17) is 4.74 Å². The summed E-state index contributed by atoms with van der Waals surface area (Å²) in [5.74, 6) is -0.0362. The number of amides is 1. The average Bonchev–Trinajstić information content (AvgIpc) is 2.87. The van der Waals surface area contributed by atoms with E-state index < -0.39 is 0 Å². The molecule has 2 aliphatic heterocycles. The number of carbonyl (C=O) groups is 1. The number of ether oxygens (including phenoxy) is 1. The fraction of sp³-hybridized carbons (Fsp3) is 0.812. The van der Waals surface area contributed by atoms with Gasteiger partial charge in [-0.05, 0) is 53.6 Å². The van der Waals surface area contributed by atoms with Gasteiger partial charge in [-0.3, -0.25) is 4.79 Å². The van der Waals surface area contributed by atoms with Crippen LogP contribution in [0.25, 0.3) is 0 Å². The second-order valence-corrected chi connectivity index (χ2v) is 7.32. The third-order valence-corrected chi connectivity index (χ3v) is 4.64. The first-order valence-electron chi connectivity index (χ1n) is 8.47. The number of carbonyl (C=O) groups excluding carboxylic acids is 1. The van der Waals surface area contributed by atoms with Gasteiger partial charge in [0.1, 0.15) is 0 Å². The fourth-order valence-electron chi connectivity index (χ4n) is 3.69. The quantitative estimate of drug-likeness (QED) is 0.869. The van der Waals surface area contributed by atoms with Gasteiger partial charge in [0.15, 0.2) is 5.69 Å². The predicted octanol–water partition coefficient (Wildman–Crippen LogP) is 1.57.